The Kier molecular flexibility index (Phi) is 6.18. The van der Waals surface area contributed by atoms with Crippen molar-refractivity contribution >= 4 is 11.9 Å². The molecule has 1 rings (SSSR count). The van der Waals surface area contributed by atoms with Crippen molar-refractivity contribution in [1.82, 2.24) is 4.90 Å². The molecular formula is C15H22N2O3. The molecule has 0 saturated heterocycles. The van der Waals surface area contributed by atoms with Gasteiger partial charge in [-0.05, 0) is 17.0 Å². The van der Waals surface area contributed by atoms with Crippen LogP contribution in [0.2, 0.25) is 0 Å². The highest BCUT2D eigenvalue weighted by Crippen LogP contribution is 2.11. The molecule has 5 nitrogen and oxygen atoms in total. The zero-order valence-electron chi connectivity index (χ0n) is 12.0. The summed E-state index contributed by atoms with van der Waals surface area (Å²) in [6, 6.07) is 7.46. The van der Waals surface area contributed by atoms with E-state index < -0.39 is 5.97 Å². The third-order valence-electron chi connectivity index (χ3n) is 2.94. The molecule has 20 heavy (non-hydrogen) atoms. The average Bonchev–Trinajstić information content (AvgIpc) is 2.37. The lowest BCUT2D eigenvalue weighted by molar-refractivity contribution is -0.144. The molecule has 0 aromatic heterocycles. The summed E-state index contributed by atoms with van der Waals surface area (Å²) >= 11 is 0. The normalized spacial score (nSPS) is 10.6. The summed E-state index contributed by atoms with van der Waals surface area (Å²) in [6.07, 6.45) is 0.188. The maximum atomic E-state index is 12.3. The Hall–Kier alpha value is -1.88. The van der Waals surface area contributed by atoms with Gasteiger partial charge in [0.05, 0.1) is 6.42 Å². The Labute approximate surface area is 119 Å². The number of carbonyl (C=O) groups is 2. The number of rotatable bonds is 7. The lowest BCUT2D eigenvalue weighted by atomic mass is 10.0. The van der Waals surface area contributed by atoms with E-state index in [2.05, 4.69) is 0 Å². The van der Waals surface area contributed by atoms with Gasteiger partial charge in [-0.2, -0.15) is 0 Å². The second-order valence-electron chi connectivity index (χ2n) is 5.21. The third-order valence-corrected chi connectivity index (χ3v) is 2.94. The van der Waals surface area contributed by atoms with Crippen molar-refractivity contribution in [2.75, 3.05) is 13.1 Å². The van der Waals surface area contributed by atoms with Gasteiger partial charge in [-0.3, -0.25) is 9.59 Å². The highest BCUT2D eigenvalue weighted by atomic mass is 16.4. The number of carboxylic acid groups (broad SMARTS) is 1. The van der Waals surface area contributed by atoms with E-state index in [0.717, 1.165) is 11.1 Å². The van der Waals surface area contributed by atoms with E-state index in [1.807, 2.05) is 38.1 Å². The fourth-order valence-corrected chi connectivity index (χ4v) is 2.06. The van der Waals surface area contributed by atoms with Crippen molar-refractivity contribution in [3.8, 4) is 0 Å². The van der Waals surface area contributed by atoms with Gasteiger partial charge < -0.3 is 15.7 Å². The zero-order chi connectivity index (χ0) is 15.1. The molecule has 0 radical (unpaired) electrons. The SMILES string of the molecule is CC(C)CN(CC(=O)O)C(=O)Cc1ccccc1CN. The number of nitrogens with zero attached hydrogens (tertiary/aromatic N) is 1. The predicted octanol–water partition coefficient (Wildman–Crippen LogP) is 1.26. The maximum absolute atomic E-state index is 12.3. The first-order chi connectivity index (χ1) is 9.43. The second kappa shape index (κ2) is 7.65. The Morgan fingerprint density at radius 2 is 1.85 bits per heavy atom. The van der Waals surface area contributed by atoms with Crippen LogP contribution in [0, 0.1) is 5.92 Å². The van der Waals surface area contributed by atoms with Crippen LogP contribution in [0.1, 0.15) is 25.0 Å². The quantitative estimate of drug-likeness (QED) is 0.786. The largest absolute Gasteiger partial charge is 0.480 e. The van der Waals surface area contributed by atoms with Gasteiger partial charge in [-0.15, -0.1) is 0 Å². The summed E-state index contributed by atoms with van der Waals surface area (Å²) in [5.74, 6) is -0.948. The van der Waals surface area contributed by atoms with Gasteiger partial charge in [0, 0.05) is 13.1 Å². The molecule has 0 spiro atoms. The van der Waals surface area contributed by atoms with Crippen LogP contribution in [0.25, 0.3) is 0 Å². The first kappa shape index (κ1) is 16.2. The van der Waals surface area contributed by atoms with Crippen LogP contribution < -0.4 is 5.73 Å². The summed E-state index contributed by atoms with van der Waals surface area (Å²) in [4.78, 5) is 24.5. The molecule has 0 fully saturated rings. The van der Waals surface area contributed by atoms with Crippen molar-refractivity contribution in [2.24, 2.45) is 11.7 Å². The minimum absolute atomic E-state index is 0.179. The number of hydrogen-bond donors (Lipinski definition) is 2. The molecule has 0 aliphatic carbocycles. The van der Waals surface area contributed by atoms with Crippen LogP contribution in [0.5, 0.6) is 0 Å². The molecule has 0 heterocycles. The highest BCUT2D eigenvalue weighted by molar-refractivity contribution is 5.83. The zero-order valence-corrected chi connectivity index (χ0v) is 12.0. The molecule has 110 valence electrons. The minimum Gasteiger partial charge on any atom is -0.480 e. The van der Waals surface area contributed by atoms with Gasteiger partial charge in [-0.25, -0.2) is 0 Å². The topological polar surface area (TPSA) is 83.6 Å². The number of aliphatic carboxylic acids is 1. The smallest absolute Gasteiger partial charge is 0.323 e. The van der Waals surface area contributed by atoms with E-state index >= 15 is 0 Å². The molecule has 0 aliphatic rings. The van der Waals surface area contributed by atoms with Crippen molar-refractivity contribution in [1.29, 1.82) is 0 Å². The molecule has 0 aliphatic heterocycles. The van der Waals surface area contributed by atoms with Gasteiger partial charge in [0.25, 0.3) is 0 Å². The molecule has 0 bridgehead atoms. The lowest BCUT2D eigenvalue weighted by Crippen LogP contribution is -2.39. The van der Waals surface area contributed by atoms with Crippen molar-refractivity contribution < 1.29 is 14.7 Å². The first-order valence-electron chi connectivity index (χ1n) is 6.70. The predicted molar refractivity (Wildman–Crippen MR) is 77.1 cm³/mol. The molecule has 0 saturated carbocycles. The fourth-order valence-electron chi connectivity index (χ4n) is 2.06. The fraction of sp³-hybridized carbons (Fsp3) is 0.467. The van der Waals surface area contributed by atoms with Gasteiger partial charge in [-0.1, -0.05) is 38.1 Å². The number of nitrogens with two attached hydrogens (primary N) is 1. The van der Waals surface area contributed by atoms with E-state index in [9.17, 15) is 9.59 Å². The summed E-state index contributed by atoms with van der Waals surface area (Å²) in [5, 5.41) is 8.90. The van der Waals surface area contributed by atoms with Crippen LogP contribution in [0.4, 0.5) is 0 Å². The van der Waals surface area contributed by atoms with Gasteiger partial charge >= 0.3 is 5.97 Å². The van der Waals surface area contributed by atoms with E-state index in [4.69, 9.17) is 10.8 Å². The van der Waals surface area contributed by atoms with Crippen LogP contribution in [0.3, 0.4) is 0 Å². The lowest BCUT2D eigenvalue weighted by Gasteiger charge is -2.23. The van der Waals surface area contributed by atoms with Gasteiger partial charge in [0.1, 0.15) is 6.54 Å². The third kappa shape index (κ3) is 5.01. The van der Waals surface area contributed by atoms with Crippen LogP contribution in [-0.2, 0) is 22.6 Å². The number of benzene rings is 1. The molecule has 1 aromatic rings. The Balaban J connectivity index is 2.81. The Morgan fingerprint density at radius 3 is 2.35 bits per heavy atom. The standard InChI is InChI=1S/C15H22N2O3/c1-11(2)9-17(10-15(19)20)14(18)7-12-5-3-4-6-13(12)8-16/h3-6,11H,7-10,16H2,1-2H3,(H,19,20). The van der Waals surface area contributed by atoms with Gasteiger partial charge in [0.15, 0.2) is 0 Å². The van der Waals surface area contributed by atoms with E-state index in [0.29, 0.717) is 13.1 Å². The highest BCUT2D eigenvalue weighted by Gasteiger charge is 2.18. The summed E-state index contributed by atoms with van der Waals surface area (Å²) in [7, 11) is 0. The second-order valence-corrected chi connectivity index (χ2v) is 5.21. The Bertz CT molecular complexity index is 472. The molecule has 0 atom stereocenters. The number of amides is 1. The molecule has 3 N–H and O–H groups in total. The molecule has 1 aromatic carbocycles. The van der Waals surface area contributed by atoms with Crippen molar-refractivity contribution in [3.63, 3.8) is 0 Å². The van der Waals surface area contributed by atoms with Crippen molar-refractivity contribution in [3.05, 3.63) is 35.4 Å². The van der Waals surface area contributed by atoms with E-state index in [-0.39, 0.29) is 24.8 Å². The van der Waals surface area contributed by atoms with Gasteiger partial charge in [0.2, 0.25) is 5.91 Å². The average molecular weight is 278 g/mol. The summed E-state index contributed by atoms with van der Waals surface area (Å²) in [5.41, 5.74) is 7.42. The van der Waals surface area contributed by atoms with E-state index in [1.54, 1.807) is 0 Å². The molecular weight excluding hydrogens is 256 g/mol. The summed E-state index contributed by atoms with van der Waals surface area (Å²) in [6.45, 7) is 4.45. The van der Waals surface area contributed by atoms with E-state index in [1.165, 1.54) is 4.90 Å². The monoisotopic (exact) mass is 278 g/mol. The minimum atomic E-state index is -0.994. The number of carbonyl (C=O) groups excluding carboxylic acids is 1. The van der Waals surface area contributed by atoms with Crippen LogP contribution in [0.15, 0.2) is 24.3 Å². The molecule has 5 heteroatoms. The van der Waals surface area contributed by atoms with Crippen LogP contribution in [-0.4, -0.2) is 35.0 Å². The first-order valence-corrected chi connectivity index (χ1v) is 6.70. The van der Waals surface area contributed by atoms with Crippen molar-refractivity contribution in [2.45, 2.75) is 26.8 Å². The number of hydrogen-bond acceptors (Lipinski definition) is 3. The Morgan fingerprint density at radius 1 is 1.25 bits per heavy atom. The van der Waals surface area contributed by atoms with Crippen LogP contribution >= 0.6 is 0 Å². The molecule has 1 amide bonds. The number of carboxylic acids is 1. The molecule has 0 unspecified atom stereocenters. The summed E-state index contributed by atoms with van der Waals surface area (Å²) < 4.78 is 0. The maximum Gasteiger partial charge on any atom is 0.323 e.